The van der Waals surface area contributed by atoms with Crippen molar-refractivity contribution in [1.29, 1.82) is 0 Å². The summed E-state index contributed by atoms with van der Waals surface area (Å²) < 4.78 is 0. The van der Waals surface area contributed by atoms with Crippen molar-refractivity contribution in [3.8, 4) is 0 Å². The van der Waals surface area contributed by atoms with Crippen molar-refractivity contribution in [1.82, 2.24) is 5.32 Å². The van der Waals surface area contributed by atoms with Crippen LogP contribution < -0.4 is 74.6 Å². The SMILES string of the molecule is O=C([O-])[O-].OCCNCCO.[Na+].[Na+]. The average molecular weight is 211 g/mol. The standard InChI is InChI=1S/C4H11NO2.CH2O3.2Na/c6-3-1-5-2-4-7;2-1(3)4;;/h5-7H,1-4H2;(H2,2,3,4);;/q;;2*+1/p-2. The molecule has 0 rings (SSSR count). The fourth-order valence-corrected chi connectivity index (χ4v) is 0.283. The van der Waals surface area contributed by atoms with Gasteiger partial charge in [-0.3, -0.25) is 0 Å². The van der Waals surface area contributed by atoms with Crippen LogP contribution in [0.15, 0.2) is 0 Å². The Morgan fingerprint density at radius 3 is 1.46 bits per heavy atom. The van der Waals surface area contributed by atoms with Gasteiger partial charge in [0.2, 0.25) is 0 Å². The van der Waals surface area contributed by atoms with Crippen LogP contribution in [0.4, 0.5) is 4.79 Å². The second-order valence-corrected chi connectivity index (χ2v) is 1.45. The predicted octanol–water partition coefficient (Wildman–Crippen LogP) is -9.88. The molecule has 0 aliphatic carbocycles. The Labute approximate surface area is 121 Å². The monoisotopic (exact) mass is 211 g/mol. The van der Waals surface area contributed by atoms with Gasteiger partial charge in [-0.2, -0.15) is 0 Å². The Morgan fingerprint density at radius 2 is 1.31 bits per heavy atom. The number of nitrogens with one attached hydrogen (secondary N) is 1. The van der Waals surface area contributed by atoms with E-state index in [-0.39, 0.29) is 72.3 Å². The molecule has 0 radical (unpaired) electrons. The van der Waals surface area contributed by atoms with E-state index in [0.717, 1.165) is 0 Å². The Kier molecular flexibility index (Phi) is 42.4. The second-order valence-electron chi connectivity index (χ2n) is 1.45. The van der Waals surface area contributed by atoms with E-state index in [1.807, 2.05) is 0 Å². The van der Waals surface area contributed by atoms with Crippen molar-refractivity contribution >= 4 is 6.16 Å². The van der Waals surface area contributed by atoms with Crippen LogP contribution in [0.1, 0.15) is 0 Å². The number of hydrogen-bond acceptors (Lipinski definition) is 6. The number of rotatable bonds is 4. The van der Waals surface area contributed by atoms with Gasteiger partial charge in [0.1, 0.15) is 0 Å². The van der Waals surface area contributed by atoms with Gasteiger partial charge in [-0.1, -0.05) is 0 Å². The smallest absolute Gasteiger partial charge is 0.652 e. The molecule has 13 heavy (non-hydrogen) atoms. The summed E-state index contributed by atoms with van der Waals surface area (Å²) in [5, 5.41) is 35.7. The van der Waals surface area contributed by atoms with E-state index in [2.05, 4.69) is 5.32 Å². The van der Waals surface area contributed by atoms with Crippen LogP contribution >= 0.6 is 0 Å². The van der Waals surface area contributed by atoms with E-state index in [1.165, 1.54) is 0 Å². The molecule has 68 valence electrons. The molecular weight excluding hydrogens is 200 g/mol. The molecule has 0 aromatic rings. The van der Waals surface area contributed by atoms with Crippen molar-refractivity contribution in [3.63, 3.8) is 0 Å². The minimum atomic E-state index is -2.33. The molecule has 8 heteroatoms. The van der Waals surface area contributed by atoms with E-state index in [0.29, 0.717) is 13.1 Å². The van der Waals surface area contributed by atoms with Crippen LogP contribution in [0.2, 0.25) is 0 Å². The van der Waals surface area contributed by atoms with Gasteiger partial charge in [-0.15, -0.1) is 0 Å². The van der Waals surface area contributed by atoms with E-state index in [4.69, 9.17) is 25.2 Å². The zero-order valence-electron chi connectivity index (χ0n) is 7.95. The third kappa shape index (κ3) is 61.6. The minimum Gasteiger partial charge on any atom is -0.652 e. The van der Waals surface area contributed by atoms with Gasteiger partial charge in [0.05, 0.1) is 13.2 Å². The van der Waals surface area contributed by atoms with E-state index < -0.39 is 6.16 Å². The van der Waals surface area contributed by atoms with Crippen LogP contribution in [0.3, 0.4) is 0 Å². The van der Waals surface area contributed by atoms with Crippen molar-refractivity contribution < 1.29 is 84.3 Å². The fraction of sp³-hybridized carbons (Fsp3) is 0.800. The summed E-state index contributed by atoms with van der Waals surface area (Å²) in [4.78, 5) is 8.33. The van der Waals surface area contributed by atoms with E-state index in [1.54, 1.807) is 0 Å². The number of carboxylic acid groups (broad SMARTS) is 2. The number of aliphatic hydroxyl groups excluding tert-OH is 2. The molecule has 0 aromatic heterocycles. The van der Waals surface area contributed by atoms with Crippen molar-refractivity contribution in [2.45, 2.75) is 0 Å². The first kappa shape index (κ1) is 23.8. The molecule has 0 aromatic carbocycles. The molecule has 0 atom stereocenters. The zero-order chi connectivity index (χ0) is 9.11. The number of hydrogen-bond donors (Lipinski definition) is 3. The maximum absolute atomic E-state index is 8.33. The molecule has 0 bridgehead atoms. The fourth-order valence-electron chi connectivity index (χ4n) is 0.283. The van der Waals surface area contributed by atoms with Gasteiger partial charge in [0, 0.05) is 13.1 Å². The second kappa shape index (κ2) is 23.2. The summed E-state index contributed by atoms with van der Waals surface area (Å²) in [6.07, 6.45) is -2.33. The van der Waals surface area contributed by atoms with Crippen LogP contribution in [-0.4, -0.2) is 42.7 Å². The summed E-state index contributed by atoms with van der Waals surface area (Å²) in [6.45, 7) is 1.42. The van der Waals surface area contributed by atoms with Gasteiger partial charge >= 0.3 is 59.1 Å². The number of aliphatic hydroxyl groups is 2. The molecule has 6 nitrogen and oxygen atoms in total. The first-order valence-corrected chi connectivity index (χ1v) is 2.95. The summed E-state index contributed by atoms with van der Waals surface area (Å²) in [6, 6.07) is 0. The minimum absolute atomic E-state index is 0. The maximum Gasteiger partial charge on any atom is 1.00 e. The summed E-state index contributed by atoms with van der Waals surface area (Å²) in [5.74, 6) is 0. The van der Waals surface area contributed by atoms with Gasteiger partial charge in [-0.25, -0.2) is 0 Å². The van der Waals surface area contributed by atoms with Crippen LogP contribution in [0.25, 0.3) is 0 Å². The molecule has 0 heterocycles. The quantitative estimate of drug-likeness (QED) is 0.314. The van der Waals surface area contributed by atoms with Gasteiger partial charge in [0.25, 0.3) is 0 Å². The summed E-state index contributed by atoms with van der Waals surface area (Å²) >= 11 is 0. The molecule has 0 aliphatic heterocycles. The van der Waals surface area contributed by atoms with Crippen molar-refractivity contribution in [2.75, 3.05) is 26.3 Å². The topological polar surface area (TPSA) is 116 Å². The maximum atomic E-state index is 8.33. The van der Waals surface area contributed by atoms with Crippen molar-refractivity contribution in [3.05, 3.63) is 0 Å². The molecule has 0 fully saturated rings. The molecule has 0 aliphatic rings. The van der Waals surface area contributed by atoms with Gasteiger partial charge < -0.3 is 30.5 Å². The van der Waals surface area contributed by atoms with E-state index in [9.17, 15) is 0 Å². The van der Waals surface area contributed by atoms with Crippen molar-refractivity contribution in [2.24, 2.45) is 0 Å². The van der Waals surface area contributed by atoms with Gasteiger partial charge in [0.15, 0.2) is 0 Å². The molecular formula is C5H11NNa2O5. The third-order valence-corrected chi connectivity index (χ3v) is 0.577. The number of carbonyl (C=O) groups is 1. The average Bonchev–Trinajstić information content (AvgIpc) is 1.88. The zero-order valence-corrected chi connectivity index (χ0v) is 11.9. The predicted molar refractivity (Wildman–Crippen MR) is 32.4 cm³/mol. The summed E-state index contributed by atoms with van der Waals surface area (Å²) in [7, 11) is 0. The first-order valence-electron chi connectivity index (χ1n) is 2.95. The molecule has 0 saturated carbocycles. The molecule has 0 spiro atoms. The Bertz CT molecular complexity index is 87.0. The Balaban J connectivity index is -0.0000000600. The molecule has 0 amide bonds. The molecule has 0 unspecified atom stereocenters. The van der Waals surface area contributed by atoms with Crippen LogP contribution in [-0.2, 0) is 0 Å². The molecule has 0 saturated heterocycles. The van der Waals surface area contributed by atoms with Crippen LogP contribution in [0.5, 0.6) is 0 Å². The normalized spacial score (nSPS) is 6.92. The van der Waals surface area contributed by atoms with Crippen LogP contribution in [0, 0.1) is 0 Å². The van der Waals surface area contributed by atoms with Gasteiger partial charge in [-0.05, 0) is 6.16 Å². The number of carbonyl (C=O) groups excluding carboxylic acids is 1. The Morgan fingerprint density at radius 1 is 1.08 bits per heavy atom. The Hall–Kier alpha value is 1.15. The first-order chi connectivity index (χ1) is 5.15. The molecule has 3 N–H and O–H groups in total. The third-order valence-electron chi connectivity index (χ3n) is 0.577. The summed E-state index contributed by atoms with van der Waals surface area (Å²) in [5.41, 5.74) is 0. The van der Waals surface area contributed by atoms with E-state index >= 15 is 0 Å². The largest absolute Gasteiger partial charge is 1.00 e.